The molecule has 0 saturated carbocycles. The molecule has 0 radical (unpaired) electrons. The van der Waals surface area contributed by atoms with Gasteiger partial charge in [-0.25, -0.2) is 12.7 Å². The molecule has 1 unspecified atom stereocenters. The summed E-state index contributed by atoms with van der Waals surface area (Å²) in [7, 11) is -2.57. The molecule has 0 fully saturated rings. The maximum atomic E-state index is 12.9. The zero-order chi connectivity index (χ0) is 16.4. The third-order valence-electron chi connectivity index (χ3n) is 3.12. The highest BCUT2D eigenvalue weighted by molar-refractivity contribution is 9.09. The first kappa shape index (κ1) is 18.4. The van der Waals surface area contributed by atoms with Crippen LogP contribution in [-0.2, 0) is 16.2 Å². The lowest BCUT2D eigenvalue weighted by atomic mass is 10.1. The monoisotopic (exact) mass is 387 g/mol. The van der Waals surface area contributed by atoms with Crippen LogP contribution in [0.2, 0.25) is 0 Å². The highest BCUT2D eigenvalue weighted by atomic mass is 79.9. The smallest absolute Gasteiger partial charge is 0.207 e. The zero-order valence-electron chi connectivity index (χ0n) is 11.9. The van der Waals surface area contributed by atoms with Crippen LogP contribution in [0.5, 0.6) is 0 Å². The Morgan fingerprint density at radius 3 is 2.38 bits per heavy atom. The molecule has 21 heavy (non-hydrogen) atoms. The van der Waals surface area contributed by atoms with E-state index in [-0.39, 0.29) is 21.8 Å². The summed E-state index contributed by atoms with van der Waals surface area (Å²) in [6.07, 6.45) is -4.01. The van der Waals surface area contributed by atoms with E-state index in [4.69, 9.17) is 0 Å². The number of hydrogen-bond acceptors (Lipinski definition) is 2. The van der Waals surface area contributed by atoms with Gasteiger partial charge in [0.2, 0.25) is 10.0 Å². The van der Waals surface area contributed by atoms with Crippen molar-refractivity contribution in [3.63, 3.8) is 0 Å². The summed E-state index contributed by atoms with van der Waals surface area (Å²) in [5, 5.41) is 0. The zero-order valence-corrected chi connectivity index (χ0v) is 14.3. The van der Waals surface area contributed by atoms with Crippen LogP contribution in [0.4, 0.5) is 13.2 Å². The lowest BCUT2D eigenvalue weighted by molar-refractivity contribution is -0.138. The van der Waals surface area contributed by atoms with Gasteiger partial charge in [0.05, 0.1) is 10.5 Å². The summed E-state index contributed by atoms with van der Waals surface area (Å²) in [4.78, 5) is -0.181. The molecule has 1 aromatic carbocycles. The van der Waals surface area contributed by atoms with Crippen LogP contribution in [-0.4, -0.2) is 31.1 Å². The van der Waals surface area contributed by atoms with Crippen molar-refractivity contribution in [1.29, 1.82) is 0 Å². The first-order valence-electron chi connectivity index (χ1n) is 6.25. The second kappa shape index (κ2) is 6.66. The second-order valence-electron chi connectivity index (χ2n) is 4.82. The van der Waals surface area contributed by atoms with Crippen LogP contribution in [0.25, 0.3) is 0 Å². The highest BCUT2D eigenvalue weighted by Gasteiger charge is 2.35. The van der Waals surface area contributed by atoms with E-state index in [9.17, 15) is 21.6 Å². The Kier molecular flexibility index (Phi) is 5.85. The van der Waals surface area contributed by atoms with Crippen LogP contribution in [0.1, 0.15) is 24.5 Å². The van der Waals surface area contributed by atoms with E-state index in [0.29, 0.717) is 6.42 Å². The van der Waals surface area contributed by atoms with Crippen molar-refractivity contribution in [3.05, 3.63) is 29.3 Å². The number of sulfonamides is 1. The number of nitrogens with zero attached hydrogens (tertiary/aromatic N) is 1. The van der Waals surface area contributed by atoms with E-state index in [1.807, 2.05) is 6.92 Å². The fourth-order valence-corrected chi connectivity index (χ4v) is 3.48. The molecule has 0 aliphatic heterocycles. The lowest BCUT2D eigenvalue weighted by Crippen LogP contribution is -2.30. The SMILES string of the molecule is Cc1c(C(F)(F)F)cccc1S(=O)(=O)N(C)CCC(C)Br. The summed E-state index contributed by atoms with van der Waals surface area (Å²) in [5.41, 5.74) is -1.20. The maximum Gasteiger partial charge on any atom is 0.416 e. The van der Waals surface area contributed by atoms with Crippen LogP contribution < -0.4 is 0 Å². The number of rotatable bonds is 5. The molecular weight excluding hydrogens is 371 g/mol. The van der Waals surface area contributed by atoms with E-state index in [1.165, 1.54) is 20.0 Å². The largest absolute Gasteiger partial charge is 0.416 e. The van der Waals surface area contributed by atoms with Gasteiger partial charge in [0.25, 0.3) is 0 Å². The van der Waals surface area contributed by atoms with Crippen molar-refractivity contribution in [2.24, 2.45) is 0 Å². The molecule has 0 aliphatic rings. The van der Waals surface area contributed by atoms with Crippen LogP contribution in [0.3, 0.4) is 0 Å². The molecule has 0 saturated heterocycles. The normalized spacial score (nSPS) is 14.5. The minimum atomic E-state index is -4.57. The molecule has 120 valence electrons. The van der Waals surface area contributed by atoms with Gasteiger partial charge in [0, 0.05) is 18.4 Å². The van der Waals surface area contributed by atoms with E-state index in [1.54, 1.807) is 0 Å². The second-order valence-corrected chi connectivity index (χ2v) is 8.40. The van der Waals surface area contributed by atoms with Crippen molar-refractivity contribution in [3.8, 4) is 0 Å². The van der Waals surface area contributed by atoms with Crippen molar-refractivity contribution < 1.29 is 21.6 Å². The Hall–Kier alpha value is -0.600. The third-order valence-corrected chi connectivity index (χ3v) is 5.58. The van der Waals surface area contributed by atoms with Gasteiger partial charge in [0.15, 0.2) is 0 Å². The Morgan fingerprint density at radius 1 is 1.33 bits per heavy atom. The predicted molar refractivity (Wildman–Crippen MR) is 79.0 cm³/mol. The standard InChI is InChI=1S/C13H17BrF3NO2S/c1-9(14)7-8-18(3)21(19,20)12-6-4-5-11(10(12)2)13(15,16)17/h4-6,9H,7-8H2,1-3H3. The predicted octanol–water partition coefficient (Wildman–Crippen LogP) is 3.81. The first-order valence-corrected chi connectivity index (χ1v) is 8.60. The summed E-state index contributed by atoms with van der Waals surface area (Å²) in [6, 6.07) is 3.20. The Morgan fingerprint density at radius 2 is 1.90 bits per heavy atom. The molecule has 0 aromatic heterocycles. The van der Waals surface area contributed by atoms with Crippen LogP contribution >= 0.6 is 15.9 Å². The summed E-state index contributed by atoms with van der Waals surface area (Å²) < 4.78 is 64.4. The topological polar surface area (TPSA) is 37.4 Å². The van der Waals surface area contributed by atoms with E-state index >= 15 is 0 Å². The highest BCUT2D eigenvalue weighted by Crippen LogP contribution is 2.34. The number of hydrogen-bond donors (Lipinski definition) is 0. The summed E-state index contributed by atoms with van der Waals surface area (Å²) in [6.45, 7) is 3.27. The average molecular weight is 388 g/mol. The summed E-state index contributed by atoms with van der Waals surface area (Å²) >= 11 is 3.31. The number of alkyl halides is 4. The van der Waals surface area contributed by atoms with Crippen LogP contribution in [0, 0.1) is 6.92 Å². The molecule has 8 heteroatoms. The Balaban J connectivity index is 3.21. The maximum absolute atomic E-state index is 12.9. The fourth-order valence-electron chi connectivity index (χ4n) is 1.85. The average Bonchev–Trinajstić information content (AvgIpc) is 2.34. The van der Waals surface area contributed by atoms with Gasteiger partial charge in [-0.05, 0) is 31.0 Å². The molecule has 0 N–H and O–H groups in total. The van der Waals surface area contributed by atoms with Crippen LogP contribution in [0.15, 0.2) is 23.1 Å². The van der Waals surface area contributed by atoms with Gasteiger partial charge < -0.3 is 0 Å². The molecule has 0 heterocycles. The van der Waals surface area contributed by atoms with Crippen molar-refractivity contribution in [2.75, 3.05) is 13.6 Å². The van der Waals surface area contributed by atoms with Crippen molar-refractivity contribution >= 4 is 26.0 Å². The Bertz CT molecular complexity index is 600. The van der Waals surface area contributed by atoms with Gasteiger partial charge in [-0.2, -0.15) is 13.2 Å². The van der Waals surface area contributed by atoms with Crippen molar-refractivity contribution in [1.82, 2.24) is 4.31 Å². The molecule has 0 bridgehead atoms. The molecule has 1 rings (SSSR count). The van der Waals surface area contributed by atoms with Gasteiger partial charge in [-0.15, -0.1) is 0 Å². The molecule has 1 atom stereocenters. The first-order chi connectivity index (χ1) is 9.48. The van der Waals surface area contributed by atoms with Gasteiger partial charge in [-0.3, -0.25) is 0 Å². The number of halogens is 4. The van der Waals surface area contributed by atoms with Gasteiger partial charge in [-0.1, -0.05) is 28.9 Å². The molecule has 0 spiro atoms. The third kappa shape index (κ3) is 4.43. The quantitative estimate of drug-likeness (QED) is 0.720. The molecule has 0 amide bonds. The molecule has 0 aliphatic carbocycles. The van der Waals surface area contributed by atoms with Crippen molar-refractivity contribution in [2.45, 2.75) is 36.2 Å². The minimum absolute atomic E-state index is 0.123. The van der Waals surface area contributed by atoms with E-state index in [0.717, 1.165) is 16.4 Å². The number of benzene rings is 1. The van der Waals surface area contributed by atoms with Gasteiger partial charge in [0.1, 0.15) is 0 Å². The molecular formula is C13H17BrF3NO2S. The molecule has 1 aromatic rings. The Labute approximate surface area is 131 Å². The van der Waals surface area contributed by atoms with E-state index < -0.39 is 21.8 Å². The summed E-state index contributed by atoms with van der Waals surface area (Å²) in [5.74, 6) is 0. The van der Waals surface area contributed by atoms with Gasteiger partial charge >= 0.3 is 6.18 Å². The van der Waals surface area contributed by atoms with E-state index in [2.05, 4.69) is 15.9 Å². The molecule has 3 nitrogen and oxygen atoms in total. The minimum Gasteiger partial charge on any atom is -0.207 e. The fraction of sp³-hybridized carbons (Fsp3) is 0.538. The lowest BCUT2D eigenvalue weighted by Gasteiger charge is -2.20.